The monoisotopic (exact) mass is 290 g/mol. The van der Waals surface area contributed by atoms with Crippen LogP contribution in [0.25, 0.3) is 5.65 Å². The number of hydrogen-bond donors (Lipinski definition) is 3. The number of nitrogens with one attached hydrogen (secondary N) is 1. The smallest absolute Gasteiger partial charge is 0.381 e. The van der Waals surface area contributed by atoms with Gasteiger partial charge in [-0.05, 0) is 12.1 Å². The molecule has 0 radical (unpaired) electrons. The van der Waals surface area contributed by atoms with Gasteiger partial charge in [0, 0.05) is 0 Å². The lowest BCUT2D eigenvalue weighted by Gasteiger charge is -2.09. The summed E-state index contributed by atoms with van der Waals surface area (Å²) in [6.07, 6.45) is -6.17. The number of aromatic nitrogens is 4. The number of hydrogen-bond acceptors (Lipinski definition) is 6. The van der Waals surface area contributed by atoms with Gasteiger partial charge < -0.3 is 16.2 Å². The molecule has 0 aliphatic heterocycles. The average molecular weight is 290 g/mol. The van der Waals surface area contributed by atoms with E-state index in [0.29, 0.717) is 4.52 Å². The quantitative estimate of drug-likeness (QED) is 0.692. The van der Waals surface area contributed by atoms with E-state index in [4.69, 9.17) is 10.8 Å². The van der Waals surface area contributed by atoms with Crippen LogP contribution in [0.1, 0.15) is 5.82 Å². The number of amides is 1. The van der Waals surface area contributed by atoms with Crippen LogP contribution in [0.4, 0.5) is 19.0 Å². The molecule has 0 saturated carbocycles. The predicted octanol–water partition coefficient (Wildman–Crippen LogP) is -0.599. The zero-order valence-corrected chi connectivity index (χ0v) is 9.79. The Labute approximate surface area is 109 Å². The maximum Gasteiger partial charge on any atom is 0.453 e. The van der Waals surface area contributed by atoms with Crippen molar-refractivity contribution in [3.8, 4) is 0 Å². The van der Waals surface area contributed by atoms with Gasteiger partial charge in [-0.15, -0.1) is 15.3 Å². The second-order valence-corrected chi connectivity index (χ2v) is 3.81. The third-order valence-electron chi connectivity index (χ3n) is 2.32. The van der Waals surface area contributed by atoms with Crippen LogP contribution < -0.4 is 11.1 Å². The van der Waals surface area contributed by atoms with Crippen molar-refractivity contribution in [3.63, 3.8) is 0 Å². The summed E-state index contributed by atoms with van der Waals surface area (Å²) >= 11 is 0. The maximum absolute atomic E-state index is 12.6. The number of nitrogens with two attached hydrogens (primary N) is 1. The summed E-state index contributed by atoms with van der Waals surface area (Å²) < 4.78 is 38.4. The van der Waals surface area contributed by atoms with E-state index in [2.05, 4.69) is 20.6 Å². The highest BCUT2D eigenvalue weighted by molar-refractivity contribution is 5.79. The van der Waals surface area contributed by atoms with Gasteiger partial charge >= 0.3 is 6.18 Å². The molecule has 2 aromatic rings. The van der Waals surface area contributed by atoms with E-state index in [-0.39, 0.29) is 18.0 Å². The largest absolute Gasteiger partial charge is 0.453 e. The molecule has 2 heterocycles. The second kappa shape index (κ2) is 4.92. The molecular weight excluding hydrogens is 281 g/mol. The topological polar surface area (TPSA) is 118 Å². The fraction of sp³-hybridized carbons (Fsp3) is 0.333. The number of aliphatic hydroxyl groups is 1. The molecule has 0 fully saturated rings. The number of anilines is 1. The lowest BCUT2D eigenvalue weighted by Crippen LogP contribution is -2.34. The first kappa shape index (κ1) is 14.0. The number of alkyl halides is 3. The van der Waals surface area contributed by atoms with Gasteiger partial charge in [-0.2, -0.15) is 17.7 Å². The van der Waals surface area contributed by atoms with Crippen LogP contribution in [-0.2, 0) is 11.0 Å². The highest BCUT2D eigenvalue weighted by Gasteiger charge is 2.37. The van der Waals surface area contributed by atoms with Gasteiger partial charge in [-0.25, -0.2) is 0 Å². The van der Waals surface area contributed by atoms with Crippen LogP contribution in [0.2, 0.25) is 0 Å². The van der Waals surface area contributed by atoms with Crippen molar-refractivity contribution < 1.29 is 23.1 Å². The zero-order chi connectivity index (χ0) is 14.9. The van der Waals surface area contributed by atoms with Gasteiger partial charge in [-0.3, -0.25) is 4.79 Å². The molecule has 20 heavy (non-hydrogen) atoms. The Morgan fingerprint density at radius 1 is 1.45 bits per heavy atom. The molecule has 1 atom stereocenters. The van der Waals surface area contributed by atoms with Crippen LogP contribution in [-0.4, -0.2) is 43.5 Å². The predicted molar refractivity (Wildman–Crippen MR) is 59.5 cm³/mol. The van der Waals surface area contributed by atoms with Crippen molar-refractivity contribution >= 4 is 17.4 Å². The van der Waals surface area contributed by atoms with Gasteiger partial charge in [0.25, 0.3) is 5.82 Å². The number of rotatable bonds is 4. The number of fused-ring (bicyclic) bond motifs is 1. The van der Waals surface area contributed by atoms with Crippen molar-refractivity contribution in [1.29, 1.82) is 0 Å². The minimum absolute atomic E-state index is 0.00287. The van der Waals surface area contributed by atoms with E-state index >= 15 is 0 Å². The third kappa shape index (κ3) is 2.77. The first-order valence-corrected chi connectivity index (χ1v) is 5.30. The van der Waals surface area contributed by atoms with E-state index in [1.165, 1.54) is 12.1 Å². The summed E-state index contributed by atoms with van der Waals surface area (Å²) in [6.45, 7) is -0.280. The molecule has 0 aliphatic rings. The average Bonchev–Trinajstić information content (AvgIpc) is 2.78. The van der Waals surface area contributed by atoms with E-state index < -0.39 is 24.0 Å². The Balaban J connectivity index is 2.26. The van der Waals surface area contributed by atoms with E-state index in [0.717, 1.165) is 0 Å². The first-order chi connectivity index (χ1) is 9.29. The van der Waals surface area contributed by atoms with E-state index in [1.807, 2.05) is 0 Å². The zero-order valence-electron chi connectivity index (χ0n) is 9.79. The molecular formula is C9H9F3N6O2. The van der Waals surface area contributed by atoms with Gasteiger partial charge in [-0.1, -0.05) is 0 Å². The molecule has 0 aliphatic carbocycles. The number of nitrogens with zero attached hydrogens (tertiary/aromatic N) is 4. The van der Waals surface area contributed by atoms with Crippen molar-refractivity contribution in [2.45, 2.75) is 12.3 Å². The number of aliphatic hydroxyl groups excluding tert-OH is 1. The van der Waals surface area contributed by atoms with Crippen molar-refractivity contribution in [1.82, 2.24) is 19.8 Å². The van der Waals surface area contributed by atoms with Crippen LogP contribution in [0.3, 0.4) is 0 Å². The summed E-state index contributed by atoms with van der Waals surface area (Å²) in [5, 5.41) is 21.6. The summed E-state index contributed by atoms with van der Waals surface area (Å²) in [6, 6.07) is 2.59. The normalized spacial score (nSPS) is 13.4. The molecule has 8 nitrogen and oxygen atoms in total. The molecule has 0 aromatic carbocycles. The molecule has 0 spiro atoms. The van der Waals surface area contributed by atoms with Gasteiger partial charge in [0.2, 0.25) is 5.91 Å². The Kier molecular flexibility index (Phi) is 3.44. The minimum atomic E-state index is -4.70. The molecule has 0 saturated heterocycles. The van der Waals surface area contributed by atoms with Crippen molar-refractivity contribution in [2.75, 3.05) is 11.9 Å². The summed E-state index contributed by atoms with van der Waals surface area (Å²) in [5.41, 5.74) is 4.75. The molecule has 108 valence electrons. The molecule has 2 aromatic heterocycles. The summed E-state index contributed by atoms with van der Waals surface area (Å²) in [5.74, 6) is -2.23. The maximum atomic E-state index is 12.6. The van der Waals surface area contributed by atoms with Crippen molar-refractivity contribution in [3.05, 3.63) is 18.0 Å². The fourth-order valence-electron chi connectivity index (χ4n) is 1.36. The highest BCUT2D eigenvalue weighted by atomic mass is 19.4. The number of halogens is 3. The Bertz CT molecular complexity index is 640. The Hall–Kier alpha value is -2.43. The second-order valence-electron chi connectivity index (χ2n) is 3.81. The molecule has 1 amide bonds. The SMILES string of the molecule is NC(=O)C(O)CNc1ccc2nnc(C(F)(F)F)n2n1. The van der Waals surface area contributed by atoms with Crippen LogP contribution >= 0.6 is 0 Å². The number of carbonyl (C=O) groups is 1. The van der Waals surface area contributed by atoms with Crippen molar-refractivity contribution in [2.24, 2.45) is 5.73 Å². The summed E-state index contributed by atoms with van der Waals surface area (Å²) in [7, 11) is 0. The summed E-state index contributed by atoms with van der Waals surface area (Å²) in [4.78, 5) is 10.6. The molecule has 0 bridgehead atoms. The standard InChI is InChI=1S/C9H9F3N6O2/c10-9(11,12)8-16-15-6-2-1-5(17-18(6)8)14-3-4(19)7(13)20/h1-2,4,19H,3H2,(H2,13,20)(H,14,17). The third-order valence-corrected chi connectivity index (χ3v) is 2.32. The highest BCUT2D eigenvalue weighted by Crippen LogP contribution is 2.27. The van der Waals surface area contributed by atoms with Crippen LogP contribution in [0.5, 0.6) is 0 Å². The molecule has 11 heteroatoms. The fourth-order valence-corrected chi connectivity index (χ4v) is 1.36. The Morgan fingerprint density at radius 2 is 2.15 bits per heavy atom. The van der Waals surface area contributed by atoms with Gasteiger partial charge in [0.1, 0.15) is 11.9 Å². The number of primary amides is 1. The van der Waals surface area contributed by atoms with Crippen LogP contribution in [0, 0.1) is 0 Å². The lowest BCUT2D eigenvalue weighted by molar-refractivity contribution is -0.146. The van der Waals surface area contributed by atoms with E-state index in [9.17, 15) is 18.0 Å². The van der Waals surface area contributed by atoms with Crippen LogP contribution in [0.15, 0.2) is 12.1 Å². The van der Waals surface area contributed by atoms with E-state index in [1.54, 1.807) is 0 Å². The van der Waals surface area contributed by atoms with Gasteiger partial charge in [0.05, 0.1) is 6.54 Å². The molecule has 2 rings (SSSR count). The number of carbonyl (C=O) groups excluding carboxylic acids is 1. The first-order valence-electron chi connectivity index (χ1n) is 5.30. The molecule has 1 unspecified atom stereocenters. The van der Waals surface area contributed by atoms with Gasteiger partial charge in [0.15, 0.2) is 5.65 Å². The molecule has 4 N–H and O–H groups in total. The minimum Gasteiger partial charge on any atom is -0.381 e. The Morgan fingerprint density at radius 3 is 2.75 bits per heavy atom. The lowest BCUT2D eigenvalue weighted by atomic mass is 10.3.